The van der Waals surface area contributed by atoms with Gasteiger partial charge in [0.1, 0.15) is 5.75 Å². The fourth-order valence-electron chi connectivity index (χ4n) is 1.73. The molecule has 3 heteroatoms. The predicted molar refractivity (Wildman–Crippen MR) is 68.3 cm³/mol. The Morgan fingerprint density at radius 3 is 2.88 bits per heavy atom. The lowest BCUT2D eigenvalue weighted by atomic mass is 10.2. The molecule has 90 valence electrons. The molecule has 1 N–H and O–H groups in total. The molecule has 17 heavy (non-hydrogen) atoms. The fourth-order valence-corrected chi connectivity index (χ4v) is 1.73. The van der Waals surface area contributed by atoms with Crippen molar-refractivity contribution in [1.29, 1.82) is 0 Å². The molecule has 0 spiro atoms. The number of nitrogens with zero attached hydrogens (tertiary/aromatic N) is 1. The third-order valence-electron chi connectivity index (χ3n) is 2.69. The molecule has 0 fully saturated rings. The van der Waals surface area contributed by atoms with E-state index in [0.29, 0.717) is 6.61 Å². The molecule has 0 amide bonds. The van der Waals surface area contributed by atoms with Gasteiger partial charge in [-0.15, -0.1) is 0 Å². The molecular weight excluding hydrogens is 212 g/mol. The van der Waals surface area contributed by atoms with Crippen LogP contribution in [0.25, 0.3) is 0 Å². The van der Waals surface area contributed by atoms with Crippen LogP contribution in [0.5, 0.6) is 5.75 Å². The van der Waals surface area contributed by atoms with Crippen molar-refractivity contribution in [3.8, 4) is 5.75 Å². The summed E-state index contributed by atoms with van der Waals surface area (Å²) in [5.74, 6) is 0.941. The van der Waals surface area contributed by atoms with Crippen LogP contribution >= 0.6 is 0 Å². The fraction of sp³-hybridized carbons (Fsp3) is 0.357. The number of H-pyrrole nitrogens is 1. The van der Waals surface area contributed by atoms with E-state index in [9.17, 15) is 0 Å². The second kappa shape index (κ2) is 5.53. The van der Waals surface area contributed by atoms with Crippen molar-refractivity contribution in [1.82, 2.24) is 10.2 Å². The molecule has 0 radical (unpaired) electrons. The van der Waals surface area contributed by atoms with Gasteiger partial charge in [-0.3, -0.25) is 5.10 Å². The van der Waals surface area contributed by atoms with E-state index >= 15 is 0 Å². The molecule has 0 unspecified atom stereocenters. The third-order valence-corrected chi connectivity index (χ3v) is 2.69. The highest BCUT2D eigenvalue weighted by Gasteiger charge is 1.99. The van der Waals surface area contributed by atoms with Crippen molar-refractivity contribution in [2.75, 3.05) is 6.61 Å². The summed E-state index contributed by atoms with van der Waals surface area (Å²) < 4.78 is 5.71. The average molecular weight is 230 g/mol. The number of hydrogen-bond acceptors (Lipinski definition) is 2. The van der Waals surface area contributed by atoms with Gasteiger partial charge in [0.05, 0.1) is 12.3 Å². The summed E-state index contributed by atoms with van der Waals surface area (Å²) in [4.78, 5) is 0. The van der Waals surface area contributed by atoms with Gasteiger partial charge in [-0.25, -0.2) is 0 Å². The number of rotatable bonds is 5. The van der Waals surface area contributed by atoms with Gasteiger partial charge in [0.15, 0.2) is 0 Å². The average Bonchev–Trinajstić information content (AvgIpc) is 2.75. The van der Waals surface area contributed by atoms with Crippen LogP contribution < -0.4 is 4.74 Å². The van der Waals surface area contributed by atoms with Gasteiger partial charge >= 0.3 is 0 Å². The van der Waals surface area contributed by atoms with Crippen molar-refractivity contribution in [2.24, 2.45) is 0 Å². The van der Waals surface area contributed by atoms with Gasteiger partial charge in [-0.1, -0.05) is 19.1 Å². The Balaban J connectivity index is 1.85. The van der Waals surface area contributed by atoms with Crippen LogP contribution in [0.2, 0.25) is 0 Å². The van der Waals surface area contributed by atoms with Crippen LogP contribution in [0.4, 0.5) is 0 Å². The first-order valence-corrected chi connectivity index (χ1v) is 6.00. The molecule has 2 aromatic rings. The SMILES string of the molecule is CCc1cccc(OCCc2cc(C)[nH]n2)c1. The molecule has 0 saturated heterocycles. The minimum Gasteiger partial charge on any atom is -0.493 e. The first kappa shape index (κ1) is 11.7. The monoisotopic (exact) mass is 230 g/mol. The molecule has 3 nitrogen and oxygen atoms in total. The van der Waals surface area contributed by atoms with Crippen molar-refractivity contribution < 1.29 is 4.74 Å². The summed E-state index contributed by atoms with van der Waals surface area (Å²) in [6.07, 6.45) is 1.87. The van der Waals surface area contributed by atoms with E-state index in [1.165, 1.54) is 5.56 Å². The van der Waals surface area contributed by atoms with Crippen LogP contribution in [0.1, 0.15) is 23.9 Å². The summed E-state index contributed by atoms with van der Waals surface area (Å²) >= 11 is 0. The molecule has 1 aromatic heterocycles. The Hall–Kier alpha value is -1.77. The molecular formula is C14H18N2O. The first-order chi connectivity index (χ1) is 8.28. The molecule has 1 heterocycles. The number of aromatic nitrogens is 2. The summed E-state index contributed by atoms with van der Waals surface area (Å²) in [7, 11) is 0. The maximum atomic E-state index is 5.71. The highest BCUT2D eigenvalue weighted by Crippen LogP contribution is 2.14. The number of hydrogen-bond donors (Lipinski definition) is 1. The minimum absolute atomic E-state index is 0.664. The summed E-state index contributed by atoms with van der Waals surface area (Å²) in [5, 5.41) is 7.11. The lowest BCUT2D eigenvalue weighted by Gasteiger charge is -2.06. The van der Waals surface area contributed by atoms with Gasteiger partial charge in [-0.2, -0.15) is 5.10 Å². The van der Waals surface area contributed by atoms with Gasteiger partial charge in [0.2, 0.25) is 0 Å². The van der Waals surface area contributed by atoms with Crippen LogP contribution in [-0.4, -0.2) is 16.8 Å². The van der Waals surface area contributed by atoms with Crippen LogP contribution in [0.3, 0.4) is 0 Å². The van der Waals surface area contributed by atoms with Gasteiger partial charge in [-0.05, 0) is 37.1 Å². The number of aromatic amines is 1. The Morgan fingerprint density at radius 2 is 2.18 bits per heavy atom. The molecule has 0 aliphatic heterocycles. The van der Waals surface area contributed by atoms with Gasteiger partial charge in [0.25, 0.3) is 0 Å². The van der Waals surface area contributed by atoms with E-state index in [0.717, 1.165) is 30.0 Å². The zero-order chi connectivity index (χ0) is 12.1. The smallest absolute Gasteiger partial charge is 0.119 e. The normalized spacial score (nSPS) is 10.5. The van der Waals surface area contributed by atoms with Crippen LogP contribution in [-0.2, 0) is 12.8 Å². The lowest BCUT2D eigenvalue weighted by molar-refractivity contribution is 0.320. The topological polar surface area (TPSA) is 37.9 Å². The maximum Gasteiger partial charge on any atom is 0.119 e. The van der Waals surface area contributed by atoms with E-state index in [4.69, 9.17) is 4.74 Å². The predicted octanol–water partition coefficient (Wildman–Crippen LogP) is 2.90. The Bertz CT molecular complexity index is 477. The maximum absolute atomic E-state index is 5.71. The highest BCUT2D eigenvalue weighted by molar-refractivity contribution is 5.28. The van der Waals surface area contributed by atoms with Crippen molar-refractivity contribution in [2.45, 2.75) is 26.7 Å². The summed E-state index contributed by atoms with van der Waals surface area (Å²) in [5.41, 5.74) is 3.44. The minimum atomic E-state index is 0.664. The summed E-state index contributed by atoms with van der Waals surface area (Å²) in [6, 6.07) is 10.3. The van der Waals surface area contributed by atoms with Crippen LogP contribution in [0.15, 0.2) is 30.3 Å². The quantitative estimate of drug-likeness (QED) is 0.857. The molecule has 0 saturated carbocycles. The van der Waals surface area contributed by atoms with Gasteiger partial charge < -0.3 is 4.74 Å². The van der Waals surface area contributed by atoms with E-state index in [1.807, 2.05) is 25.1 Å². The Kier molecular flexibility index (Phi) is 3.81. The molecule has 0 aliphatic rings. The summed E-state index contributed by atoms with van der Waals surface area (Å²) in [6.45, 7) is 4.81. The zero-order valence-electron chi connectivity index (χ0n) is 10.4. The first-order valence-electron chi connectivity index (χ1n) is 6.00. The van der Waals surface area contributed by atoms with E-state index < -0.39 is 0 Å². The Morgan fingerprint density at radius 1 is 1.29 bits per heavy atom. The van der Waals surface area contributed by atoms with Crippen molar-refractivity contribution in [3.63, 3.8) is 0 Å². The lowest BCUT2D eigenvalue weighted by Crippen LogP contribution is -2.01. The molecule has 0 aliphatic carbocycles. The van der Waals surface area contributed by atoms with E-state index in [1.54, 1.807) is 0 Å². The third kappa shape index (κ3) is 3.34. The van der Waals surface area contributed by atoms with Crippen molar-refractivity contribution >= 4 is 0 Å². The Labute approximate surface area is 102 Å². The standard InChI is InChI=1S/C14H18N2O/c1-3-12-5-4-6-14(10-12)17-8-7-13-9-11(2)15-16-13/h4-6,9-10H,3,7-8H2,1-2H3,(H,15,16). The molecule has 0 bridgehead atoms. The number of aryl methyl sites for hydroxylation is 2. The highest BCUT2D eigenvalue weighted by atomic mass is 16.5. The number of nitrogens with one attached hydrogen (secondary N) is 1. The van der Waals surface area contributed by atoms with Crippen molar-refractivity contribution in [3.05, 3.63) is 47.3 Å². The molecule has 1 aromatic carbocycles. The van der Waals surface area contributed by atoms with Crippen LogP contribution in [0, 0.1) is 6.92 Å². The van der Waals surface area contributed by atoms with E-state index in [-0.39, 0.29) is 0 Å². The van der Waals surface area contributed by atoms with Gasteiger partial charge in [0, 0.05) is 12.1 Å². The second-order valence-corrected chi connectivity index (χ2v) is 4.14. The second-order valence-electron chi connectivity index (χ2n) is 4.14. The molecule has 2 rings (SSSR count). The number of benzene rings is 1. The zero-order valence-corrected chi connectivity index (χ0v) is 10.4. The van der Waals surface area contributed by atoms with E-state index in [2.05, 4.69) is 29.3 Å². The number of ether oxygens (including phenoxy) is 1. The molecule has 0 atom stereocenters. The largest absolute Gasteiger partial charge is 0.493 e.